The van der Waals surface area contributed by atoms with Crippen molar-refractivity contribution in [2.75, 3.05) is 31.1 Å². The summed E-state index contributed by atoms with van der Waals surface area (Å²) < 4.78 is 5.05. The van der Waals surface area contributed by atoms with E-state index in [1.54, 1.807) is 25.1 Å². The molecule has 0 bridgehead atoms. The molecule has 1 aliphatic carbocycles. The smallest absolute Gasteiger partial charge is 0.307 e. The predicted octanol–water partition coefficient (Wildman–Crippen LogP) is 4.93. The highest BCUT2D eigenvalue weighted by atomic mass is 16.5. The number of ketones is 1. The van der Waals surface area contributed by atoms with E-state index in [9.17, 15) is 14.4 Å². The molecule has 7 heteroatoms. The molecule has 7 nitrogen and oxygen atoms in total. The van der Waals surface area contributed by atoms with Gasteiger partial charge in [-0.1, -0.05) is 37.6 Å². The number of allylic oxidation sites excluding steroid dienone is 1. The number of hydrogen-bond donors (Lipinski definition) is 1. The van der Waals surface area contributed by atoms with Crippen molar-refractivity contribution in [1.29, 1.82) is 0 Å². The number of nitrogens with one attached hydrogen (secondary N) is 1. The number of aliphatic imine (C=N–C) groups is 1. The van der Waals surface area contributed by atoms with Gasteiger partial charge in [0.25, 0.3) is 5.91 Å². The average molecular weight is 490 g/mol. The Labute approximate surface area is 213 Å². The SMILES string of the molecule is CCCCNC(=O)C1=CC(=Nc2ccc(N(CC)CCC(=O)OCC)cc2C)c2ccccc2C1=O. The Morgan fingerprint density at radius 3 is 2.47 bits per heavy atom. The van der Waals surface area contributed by atoms with Crippen LogP contribution in [0.5, 0.6) is 0 Å². The topological polar surface area (TPSA) is 88.1 Å². The molecular formula is C29H35N3O4. The van der Waals surface area contributed by atoms with E-state index in [2.05, 4.69) is 10.2 Å². The van der Waals surface area contributed by atoms with E-state index < -0.39 is 0 Å². The number of rotatable bonds is 11. The van der Waals surface area contributed by atoms with Crippen molar-refractivity contribution >= 4 is 34.7 Å². The van der Waals surface area contributed by atoms with Crippen molar-refractivity contribution in [3.8, 4) is 0 Å². The molecule has 2 aromatic carbocycles. The van der Waals surface area contributed by atoms with Crippen LogP contribution in [0.4, 0.5) is 11.4 Å². The van der Waals surface area contributed by atoms with Gasteiger partial charge in [-0.15, -0.1) is 0 Å². The van der Waals surface area contributed by atoms with Crippen molar-refractivity contribution in [1.82, 2.24) is 5.32 Å². The first-order valence-corrected chi connectivity index (χ1v) is 12.6. The van der Waals surface area contributed by atoms with Gasteiger partial charge < -0.3 is 15.0 Å². The lowest BCUT2D eigenvalue weighted by molar-refractivity contribution is -0.142. The third-order valence-corrected chi connectivity index (χ3v) is 6.09. The minimum atomic E-state index is -0.372. The summed E-state index contributed by atoms with van der Waals surface area (Å²) in [6.07, 6.45) is 3.72. The number of fused-ring (bicyclic) bond motifs is 1. The lowest BCUT2D eigenvalue weighted by Gasteiger charge is -2.23. The van der Waals surface area contributed by atoms with Crippen LogP contribution in [-0.2, 0) is 14.3 Å². The highest BCUT2D eigenvalue weighted by Gasteiger charge is 2.28. The average Bonchev–Trinajstić information content (AvgIpc) is 2.87. The van der Waals surface area contributed by atoms with Crippen LogP contribution in [0.15, 0.2) is 59.1 Å². The zero-order valence-corrected chi connectivity index (χ0v) is 21.6. The molecule has 0 atom stereocenters. The molecule has 0 unspecified atom stereocenters. The number of hydrogen-bond acceptors (Lipinski definition) is 6. The summed E-state index contributed by atoms with van der Waals surface area (Å²) >= 11 is 0. The van der Waals surface area contributed by atoms with E-state index in [-0.39, 0.29) is 23.2 Å². The molecule has 0 spiro atoms. The fourth-order valence-corrected chi connectivity index (χ4v) is 4.09. The molecule has 0 aliphatic heterocycles. The summed E-state index contributed by atoms with van der Waals surface area (Å²) in [6.45, 7) is 10.1. The molecular weight excluding hydrogens is 454 g/mol. The van der Waals surface area contributed by atoms with E-state index >= 15 is 0 Å². The zero-order valence-electron chi connectivity index (χ0n) is 21.6. The second-order valence-corrected chi connectivity index (χ2v) is 8.64. The van der Waals surface area contributed by atoms with E-state index in [0.29, 0.717) is 43.0 Å². The van der Waals surface area contributed by atoms with Crippen LogP contribution < -0.4 is 10.2 Å². The number of carbonyl (C=O) groups excluding carboxylic acids is 3. The maximum Gasteiger partial charge on any atom is 0.307 e. The van der Waals surface area contributed by atoms with Crippen LogP contribution >= 0.6 is 0 Å². The molecule has 0 saturated carbocycles. The quantitative estimate of drug-likeness (QED) is 0.275. The second-order valence-electron chi connectivity index (χ2n) is 8.64. The van der Waals surface area contributed by atoms with Gasteiger partial charge in [0.2, 0.25) is 0 Å². The van der Waals surface area contributed by atoms with Gasteiger partial charge in [0.05, 0.1) is 30.0 Å². The Bertz CT molecular complexity index is 1180. The Morgan fingerprint density at radius 1 is 1.06 bits per heavy atom. The van der Waals surface area contributed by atoms with Gasteiger partial charge in [0.15, 0.2) is 5.78 Å². The van der Waals surface area contributed by atoms with Crippen LogP contribution in [0.1, 0.15) is 61.5 Å². The van der Waals surface area contributed by atoms with E-state index in [1.165, 1.54) is 0 Å². The van der Waals surface area contributed by atoms with Crippen LogP contribution in [0.25, 0.3) is 0 Å². The van der Waals surface area contributed by atoms with E-state index in [0.717, 1.165) is 36.3 Å². The van der Waals surface area contributed by atoms with Gasteiger partial charge >= 0.3 is 5.97 Å². The van der Waals surface area contributed by atoms with Crippen LogP contribution in [0, 0.1) is 6.92 Å². The van der Waals surface area contributed by atoms with Crippen LogP contribution in [0.3, 0.4) is 0 Å². The largest absolute Gasteiger partial charge is 0.466 e. The highest BCUT2D eigenvalue weighted by Crippen LogP contribution is 2.29. The molecule has 1 amide bonds. The standard InChI is InChI=1S/C29H35N3O4/c1-5-8-16-30-29(35)24-19-26(22-11-9-10-12-23(22)28(24)34)31-25-14-13-21(18-20(25)4)32(6-2)17-15-27(33)36-7-3/h9-14,18-19H,5-8,15-17H2,1-4H3,(H,30,35). The molecule has 3 rings (SSSR count). The number of benzene rings is 2. The number of unbranched alkanes of at least 4 members (excludes halogenated alkanes) is 1. The van der Waals surface area contributed by atoms with Crippen molar-refractivity contribution in [2.45, 2.75) is 47.0 Å². The first kappa shape index (κ1) is 26.9. The second kappa shape index (κ2) is 12.8. The van der Waals surface area contributed by atoms with Gasteiger partial charge in [0.1, 0.15) is 0 Å². The van der Waals surface area contributed by atoms with Gasteiger partial charge in [-0.3, -0.25) is 14.4 Å². The van der Waals surface area contributed by atoms with Crippen molar-refractivity contribution in [3.63, 3.8) is 0 Å². The normalized spacial score (nSPS) is 13.7. The van der Waals surface area contributed by atoms with Gasteiger partial charge in [0, 0.05) is 36.4 Å². The molecule has 2 aromatic rings. The van der Waals surface area contributed by atoms with Crippen molar-refractivity contribution in [3.05, 3.63) is 70.8 Å². The molecule has 36 heavy (non-hydrogen) atoms. The molecule has 0 fully saturated rings. The summed E-state index contributed by atoms with van der Waals surface area (Å²) in [4.78, 5) is 44.6. The first-order valence-electron chi connectivity index (χ1n) is 12.6. The number of esters is 1. The predicted molar refractivity (Wildman–Crippen MR) is 143 cm³/mol. The summed E-state index contributed by atoms with van der Waals surface area (Å²) in [7, 11) is 0. The minimum Gasteiger partial charge on any atom is -0.466 e. The third-order valence-electron chi connectivity index (χ3n) is 6.09. The molecule has 0 aromatic heterocycles. The van der Waals surface area contributed by atoms with E-state index in [1.807, 2.05) is 51.1 Å². The number of aryl methyl sites for hydroxylation is 1. The number of Topliss-reactive ketones (excluding diaryl/α,β-unsaturated/α-hetero) is 1. The number of ether oxygens (including phenoxy) is 1. The summed E-state index contributed by atoms with van der Waals surface area (Å²) in [6, 6.07) is 13.2. The third kappa shape index (κ3) is 6.47. The summed E-state index contributed by atoms with van der Waals surface area (Å²) in [5.41, 5.74) is 4.57. The number of carbonyl (C=O) groups is 3. The van der Waals surface area contributed by atoms with Gasteiger partial charge in [-0.05, 0) is 57.0 Å². The summed E-state index contributed by atoms with van der Waals surface area (Å²) in [5.74, 6) is -0.865. The zero-order chi connectivity index (χ0) is 26.1. The van der Waals surface area contributed by atoms with Crippen molar-refractivity contribution in [2.24, 2.45) is 4.99 Å². The number of nitrogens with zero attached hydrogens (tertiary/aromatic N) is 2. The lowest BCUT2D eigenvalue weighted by Crippen LogP contribution is -2.32. The molecule has 0 heterocycles. The fourth-order valence-electron chi connectivity index (χ4n) is 4.09. The van der Waals surface area contributed by atoms with E-state index in [4.69, 9.17) is 9.73 Å². The molecule has 0 radical (unpaired) electrons. The Balaban J connectivity index is 1.91. The van der Waals surface area contributed by atoms with Crippen LogP contribution in [0.2, 0.25) is 0 Å². The highest BCUT2D eigenvalue weighted by molar-refractivity contribution is 6.35. The summed E-state index contributed by atoms with van der Waals surface area (Å²) in [5, 5.41) is 2.84. The maximum absolute atomic E-state index is 13.0. The Hall–Kier alpha value is -3.74. The molecule has 1 N–H and O–H groups in total. The first-order chi connectivity index (χ1) is 17.4. The molecule has 1 aliphatic rings. The molecule has 0 saturated heterocycles. The monoisotopic (exact) mass is 489 g/mol. The lowest BCUT2D eigenvalue weighted by atomic mass is 9.88. The maximum atomic E-state index is 13.0. The molecule has 190 valence electrons. The van der Waals surface area contributed by atoms with Gasteiger partial charge in [-0.2, -0.15) is 0 Å². The number of amides is 1. The Kier molecular flexibility index (Phi) is 9.56. The van der Waals surface area contributed by atoms with Crippen LogP contribution in [-0.4, -0.2) is 49.6 Å². The van der Waals surface area contributed by atoms with Crippen molar-refractivity contribution < 1.29 is 19.1 Å². The Morgan fingerprint density at radius 2 is 1.81 bits per heavy atom. The number of anilines is 1. The van der Waals surface area contributed by atoms with Gasteiger partial charge in [-0.25, -0.2) is 4.99 Å². The minimum absolute atomic E-state index is 0.106. The fraction of sp³-hybridized carbons (Fsp3) is 0.379.